The lowest BCUT2D eigenvalue weighted by Crippen LogP contribution is -2.40. The van der Waals surface area contributed by atoms with E-state index in [0.717, 1.165) is 45.8 Å². The van der Waals surface area contributed by atoms with Crippen LogP contribution in [-0.4, -0.2) is 53.1 Å². The van der Waals surface area contributed by atoms with E-state index < -0.39 is 11.1 Å². The fourth-order valence-corrected chi connectivity index (χ4v) is 5.66. The smallest absolute Gasteiger partial charge is 0.294 e. The van der Waals surface area contributed by atoms with E-state index in [2.05, 4.69) is 18.2 Å². The van der Waals surface area contributed by atoms with Gasteiger partial charge in [-0.2, -0.15) is 0 Å². The number of thioether (sulfide) groups is 1. The van der Waals surface area contributed by atoms with Crippen LogP contribution in [0.1, 0.15) is 30.9 Å². The van der Waals surface area contributed by atoms with Crippen LogP contribution in [0.4, 0.5) is 4.79 Å². The molecule has 0 saturated carbocycles. The highest BCUT2D eigenvalue weighted by atomic mass is 35.5. The zero-order valence-corrected chi connectivity index (χ0v) is 22.5. The summed E-state index contributed by atoms with van der Waals surface area (Å²) in [6.45, 7) is 3.64. The predicted octanol–water partition coefficient (Wildman–Crippen LogP) is 6.13. The molecule has 0 N–H and O–H groups in total. The van der Waals surface area contributed by atoms with Gasteiger partial charge in [0, 0.05) is 13.1 Å². The molecule has 0 aliphatic carbocycles. The molecular formula is C29H27ClN2O5S. The lowest BCUT2D eigenvalue weighted by atomic mass is 10.1. The van der Waals surface area contributed by atoms with Crippen LogP contribution in [0.2, 0.25) is 5.02 Å². The van der Waals surface area contributed by atoms with Crippen molar-refractivity contribution in [3.8, 4) is 11.5 Å². The zero-order valence-electron chi connectivity index (χ0n) is 20.9. The van der Waals surface area contributed by atoms with Crippen LogP contribution in [0.25, 0.3) is 16.8 Å². The number of likely N-dealkylation sites (tertiary alicyclic amines) is 1. The van der Waals surface area contributed by atoms with E-state index in [1.165, 1.54) is 0 Å². The van der Waals surface area contributed by atoms with E-state index in [0.29, 0.717) is 48.4 Å². The Labute approximate surface area is 230 Å². The highest BCUT2D eigenvalue weighted by Crippen LogP contribution is 2.39. The van der Waals surface area contributed by atoms with Gasteiger partial charge in [-0.25, -0.2) is 0 Å². The van der Waals surface area contributed by atoms with Gasteiger partial charge in [0.25, 0.3) is 11.1 Å². The minimum atomic E-state index is -0.488. The van der Waals surface area contributed by atoms with Gasteiger partial charge in [-0.1, -0.05) is 48.0 Å². The Morgan fingerprint density at radius 1 is 1.03 bits per heavy atom. The number of hydrogen-bond donors (Lipinski definition) is 0. The highest BCUT2D eigenvalue weighted by Gasteiger charge is 2.37. The van der Waals surface area contributed by atoms with Gasteiger partial charge in [-0.3, -0.25) is 19.3 Å². The summed E-state index contributed by atoms with van der Waals surface area (Å²) < 4.78 is 11.9. The maximum absolute atomic E-state index is 12.9. The number of hydrogen-bond acceptors (Lipinski definition) is 6. The van der Waals surface area contributed by atoms with E-state index in [1.54, 1.807) is 23.1 Å². The van der Waals surface area contributed by atoms with Crippen LogP contribution >= 0.6 is 23.4 Å². The molecule has 2 aliphatic heterocycles. The minimum absolute atomic E-state index is 0.208. The molecule has 7 nitrogen and oxygen atoms in total. The van der Waals surface area contributed by atoms with Gasteiger partial charge < -0.3 is 14.4 Å². The van der Waals surface area contributed by atoms with E-state index >= 15 is 0 Å². The number of rotatable bonds is 8. The quantitative estimate of drug-likeness (QED) is 0.314. The molecule has 2 saturated heterocycles. The molecule has 196 valence electrons. The molecule has 38 heavy (non-hydrogen) atoms. The average molecular weight is 551 g/mol. The molecule has 2 heterocycles. The summed E-state index contributed by atoms with van der Waals surface area (Å²) in [5, 5.41) is 2.14. The third-order valence-electron chi connectivity index (χ3n) is 6.45. The summed E-state index contributed by atoms with van der Waals surface area (Å²) in [6, 6.07) is 17.6. The van der Waals surface area contributed by atoms with Gasteiger partial charge in [-0.15, -0.1) is 0 Å². The number of halogens is 1. The molecule has 0 unspecified atom stereocenters. The minimum Gasteiger partial charge on any atom is -0.490 e. The fourth-order valence-electron chi connectivity index (χ4n) is 4.55. The fraction of sp³-hybridized carbons (Fsp3) is 0.276. The number of amides is 3. The number of carbonyl (C=O) groups is 3. The number of fused-ring (bicyclic) bond motifs is 1. The van der Waals surface area contributed by atoms with Gasteiger partial charge in [0.2, 0.25) is 5.91 Å². The lowest BCUT2D eigenvalue weighted by Gasteiger charge is -2.18. The van der Waals surface area contributed by atoms with Crippen molar-refractivity contribution >= 4 is 57.3 Å². The molecule has 0 radical (unpaired) electrons. The largest absolute Gasteiger partial charge is 0.490 e. The molecule has 0 atom stereocenters. The first-order valence-corrected chi connectivity index (χ1v) is 13.7. The topological polar surface area (TPSA) is 76.2 Å². The summed E-state index contributed by atoms with van der Waals surface area (Å²) >= 11 is 7.41. The maximum atomic E-state index is 12.9. The number of ether oxygens (including phenoxy) is 2. The second-order valence-corrected chi connectivity index (χ2v) is 10.5. The Morgan fingerprint density at radius 3 is 2.55 bits per heavy atom. The van der Waals surface area contributed by atoms with Crippen molar-refractivity contribution in [2.24, 2.45) is 0 Å². The van der Waals surface area contributed by atoms with Crippen molar-refractivity contribution in [3.05, 3.63) is 75.7 Å². The van der Waals surface area contributed by atoms with Crippen LogP contribution in [0.3, 0.4) is 0 Å². The second kappa shape index (κ2) is 11.5. The third-order valence-corrected chi connectivity index (χ3v) is 7.64. The number of carbonyl (C=O) groups excluding carboxylic acids is 3. The van der Waals surface area contributed by atoms with Crippen molar-refractivity contribution in [2.75, 3.05) is 26.2 Å². The van der Waals surface area contributed by atoms with Crippen molar-refractivity contribution in [1.82, 2.24) is 9.80 Å². The Hall–Kier alpha value is -3.49. The summed E-state index contributed by atoms with van der Waals surface area (Å²) in [5.74, 6) is 0.150. The normalized spacial score (nSPS) is 16.6. The first-order chi connectivity index (χ1) is 18.4. The van der Waals surface area contributed by atoms with Crippen LogP contribution < -0.4 is 9.47 Å². The molecule has 5 rings (SSSR count). The van der Waals surface area contributed by atoms with Crippen LogP contribution in [-0.2, 0) is 16.2 Å². The highest BCUT2D eigenvalue weighted by molar-refractivity contribution is 8.18. The Balaban J connectivity index is 1.33. The van der Waals surface area contributed by atoms with E-state index in [9.17, 15) is 14.4 Å². The molecular weight excluding hydrogens is 524 g/mol. The van der Waals surface area contributed by atoms with Crippen molar-refractivity contribution in [3.63, 3.8) is 0 Å². The number of benzene rings is 3. The molecule has 0 aromatic heterocycles. The lowest BCUT2D eigenvalue weighted by molar-refractivity contribution is -0.135. The third kappa shape index (κ3) is 5.66. The van der Waals surface area contributed by atoms with Crippen LogP contribution in [0.5, 0.6) is 11.5 Å². The first-order valence-electron chi connectivity index (χ1n) is 12.5. The van der Waals surface area contributed by atoms with Crippen molar-refractivity contribution < 1.29 is 23.9 Å². The van der Waals surface area contributed by atoms with Crippen LogP contribution in [0, 0.1) is 0 Å². The van der Waals surface area contributed by atoms with E-state index in [-0.39, 0.29) is 17.4 Å². The van der Waals surface area contributed by atoms with Gasteiger partial charge in [0.15, 0.2) is 11.5 Å². The molecule has 2 fully saturated rings. The number of imide groups is 1. The van der Waals surface area contributed by atoms with Gasteiger partial charge in [0.05, 0.1) is 16.5 Å². The van der Waals surface area contributed by atoms with E-state index in [1.807, 2.05) is 31.2 Å². The summed E-state index contributed by atoms with van der Waals surface area (Å²) in [4.78, 5) is 40.9. The molecule has 3 aromatic carbocycles. The molecule has 2 aliphatic rings. The molecule has 0 spiro atoms. The van der Waals surface area contributed by atoms with Crippen LogP contribution in [0.15, 0.2) is 59.5 Å². The first kappa shape index (κ1) is 26.1. The maximum Gasteiger partial charge on any atom is 0.294 e. The van der Waals surface area contributed by atoms with Gasteiger partial charge in [0.1, 0.15) is 13.2 Å². The molecule has 9 heteroatoms. The Morgan fingerprint density at radius 2 is 1.79 bits per heavy atom. The van der Waals surface area contributed by atoms with Crippen molar-refractivity contribution in [2.45, 2.75) is 26.4 Å². The van der Waals surface area contributed by atoms with Crippen molar-refractivity contribution in [1.29, 1.82) is 0 Å². The summed E-state index contributed by atoms with van der Waals surface area (Å²) in [7, 11) is 0. The zero-order chi connectivity index (χ0) is 26.6. The Bertz CT molecular complexity index is 1430. The van der Waals surface area contributed by atoms with Gasteiger partial charge in [-0.05, 0) is 77.7 Å². The predicted molar refractivity (Wildman–Crippen MR) is 149 cm³/mol. The standard InChI is InChI=1S/C29H27ClN2O5S/c1-2-36-24-15-20(16-25-28(34)32(29(35)38-25)17-26(33)31-11-5-6-12-31)14-23(30)27(24)37-18-19-9-10-21-7-3-4-8-22(21)13-19/h3-4,7-10,13-16H,2,5-6,11-12,17-18H2,1H3/b25-16+. The van der Waals surface area contributed by atoms with Gasteiger partial charge >= 0.3 is 0 Å². The molecule has 3 amide bonds. The Kier molecular flexibility index (Phi) is 7.90. The number of nitrogens with zero attached hydrogens (tertiary/aromatic N) is 2. The summed E-state index contributed by atoms with van der Waals surface area (Å²) in [6.07, 6.45) is 3.48. The van der Waals surface area contributed by atoms with E-state index in [4.69, 9.17) is 21.1 Å². The molecule has 0 bridgehead atoms. The average Bonchev–Trinajstić information content (AvgIpc) is 3.53. The SMILES string of the molecule is CCOc1cc(/C=C2/SC(=O)N(CC(=O)N3CCCC3)C2=O)cc(Cl)c1OCc1ccc2ccccc2c1. The summed E-state index contributed by atoms with van der Waals surface area (Å²) in [5.41, 5.74) is 1.58. The monoisotopic (exact) mass is 550 g/mol. The molecule has 3 aromatic rings. The second-order valence-electron chi connectivity index (χ2n) is 9.09.